The van der Waals surface area contributed by atoms with E-state index in [1.807, 2.05) is 17.6 Å². The molecule has 0 bridgehead atoms. The van der Waals surface area contributed by atoms with Crippen molar-refractivity contribution >= 4 is 0 Å². The summed E-state index contributed by atoms with van der Waals surface area (Å²) < 4.78 is 7.57. The Balaban J connectivity index is 2.42. The van der Waals surface area contributed by atoms with Crippen molar-refractivity contribution in [3.63, 3.8) is 0 Å². The zero-order valence-corrected chi connectivity index (χ0v) is 18.0. The summed E-state index contributed by atoms with van der Waals surface area (Å²) in [5.74, 6) is 1.48. The molecule has 2 unspecified atom stereocenters. The first-order valence-electron chi connectivity index (χ1n) is 10.7. The molecular formula is C23H35N3O2. The summed E-state index contributed by atoms with van der Waals surface area (Å²) in [5.41, 5.74) is 8.00. The molecular weight excluding hydrogens is 350 g/mol. The van der Waals surface area contributed by atoms with Crippen LogP contribution >= 0.6 is 0 Å². The topological polar surface area (TPSA) is 81.0 Å². The Kier molecular flexibility index (Phi) is 7.74. The van der Waals surface area contributed by atoms with Gasteiger partial charge in [-0.25, -0.2) is 0 Å². The van der Waals surface area contributed by atoms with Crippen molar-refractivity contribution < 1.29 is 4.74 Å². The van der Waals surface area contributed by atoms with Crippen molar-refractivity contribution in [2.75, 3.05) is 0 Å². The van der Waals surface area contributed by atoms with E-state index >= 15 is 0 Å². The lowest BCUT2D eigenvalue weighted by atomic mass is 9.81. The number of allylic oxidation sites excluding steroid dienone is 1. The molecule has 1 aliphatic heterocycles. The third-order valence-corrected chi connectivity index (χ3v) is 5.63. The predicted octanol–water partition coefficient (Wildman–Crippen LogP) is 4.84. The molecule has 2 atom stereocenters. The number of rotatable bonds is 9. The molecule has 2 rings (SSSR count). The van der Waals surface area contributed by atoms with Crippen LogP contribution in [0.4, 0.5) is 0 Å². The van der Waals surface area contributed by atoms with Gasteiger partial charge in [-0.1, -0.05) is 53.4 Å². The molecule has 1 aliphatic rings. The smallest absolute Gasteiger partial charge is 0.258 e. The molecule has 0 spiro atoms. The fraction of sp³-hybridized carbons (Fsp3) is 0.652. The van der Waals surface area contributed by atoms with Crippen LogP contribution in [0.1, 0.15) is 83.9 Å². The molecule has 28 heavy (non-hydrogen) atoms. The summed E-state index contributed by atoms with van der Waals surface area (Å²) in [7, 11) is 0. The summed E-state index contributed by atoms with van der Waals surface area (Å²) >= 11 is 0. The largest absolute Gasteiger partial charge is 0.440 e. The molecule has 0 amide bonds. The Morgan fingerprint density at radius 1 is 1.29 bits per heavy atom. The molecule has 1 aromatic heterocycles. The maximum Gasteiger partial charge on any atom is 0.258 e. The van der Waals surface area contributed by atoms with Gasteiger partial charge in [0.15, 0.2) is 0 Å². The first-order chi connectivity index (χ1) is 13.3. The minimum absolute atomic E-state index is 0.0388. The lowest BCUT2D eigenvalue weighted by molar-refractivity contribution is 0.359. The quantitative estimate of drug-likeness (QED) is 0.659. The molecule has 0 aromatic carbocycles. The highest BCUT2D eigenvalue weighted by Gasteiger charge is 2.34. The molecule has 2 heterocycles. The molecule has 0 saturated heterocycles. The van der Waals surface area contributed by atoms with Gasteiger partial charge in [-0.2, -0.15) is 5.26 Å². The summed E-state index contributed by atoms with van der Waals surface area (Å²) in [4.78, 5) is 13.3. The van der Waals surface area contributed by atoms with E-state index in [1.54, 1.807) is 0 Å². The van der Waals surface area contributed by atoms with Crippen LogP contribution in [0.25, 0.3) is 0 Å². The number of fused-ring (bicyclic) bond motifs is 1. The first kappa shape index (κ1) is 22.1. The second kappa shape index (κ2) is 9.82. The number of nitriles is 1. The van der Waals surface area contributed by atoms with Gasteiger partial charge in [-0.15, -0.1) is 0 Å². The predicted molar refractivity (Wildman–Crippen MR) is 113 cm³/mol. The number of hydrogen-bond acceptors (Lipinski definition) is 4. The van der Waals surface area contributed by atoms with Gasteiger partial charge in [-0.3, -0.25) is 4.79 Å². The normalized spacial score (nSPS) is 17.2. The average Bonchev–Trinajstić information content (AvgIpc) is 2.61. The van der Waals surface area contributed by atoms with Crippen LogP contribution in [0.15, 0.2) is 22.3 Å². The summed E-state index contributed by atoms with van der Waals surface area (Å²) in [6, 6.07) is 4.16. The van der Waals surface area contributed by atoms with Gasteiger partial charge in [0.1, 0.15) is 11.8 Å². The fourth-order valence-corrected chi connectivity index (χ4v) is 4.16. The van der Waals surface area contributed by atoms with E-state index in [1.165, 1.54) is 6.42 Å². The Labute approximate surface area is 169 Å². The molecule has 0 saturated carbocycles. The number of aryl methyl sites for hydroxylation is 1. The van der Waals surface area contributed by atoms with Crippen molar-refractivity contribution in [3.8, 4) is 11.8 Å². The number of pyridine rings is 1. The maximum absolute atomic E-state index is 13.3. The van der Waals surface area contributed by atoms with E-state index in [0.717, 1.165) is 37.8 Å². The highest BCUT2D eigenvalue weighted by atomic mass is 16.5. The maximum atomic E-state index is 13.3. The van der Waals surface area contributed by atoms with E-state index in [4.69, 9.17) is 10.5 Å². The van der Waals surface area contributed by atoms with E-state index in [9.17, 15) is 10.1 Å². The van der Waals surface area contributed by atoms with Crippen molar-refractivity contribution in [2.45, 2.75) is 85.6 Å². The summed E-state index contributed by atoms with van der Waals surface area (Å²) in [6.45, 7) is 11.4. The van der Waals surface area contributed by atoms with Crippen molar-refractivity contribution in [3.05, 3.63) is 39.1 Å². The lowest BCUT2D eigenvalue weighted by Gasteiger charge is -2.29. The van der Waals surface area contributed by atoms with E-state index in [2.05, 4.69) is 33.8 Å². The summed E-state index contributed by atoms with van der Waals surface area (Å²) in [5, 5.41) is 9.70. The third kappa shape index (κ3) is 4.79. The van der Waals surface area contributed by atoms with Gasteiger partial charge in [0.2, 0.25) is 5.88 Å². The van der Waals surface area contributed by atoms with Crippen molar-refractivity contribution in [2.24, 2.45) is 17.6 Å². The Bertz CT molecular complexity index is 814. The van der Waals surface area contributed by atoms with Crippen LogP contribution in [0.5, 0.6) is 5.75 Å². The van der Waals surface area contributed by atoms with Crippen LogP contribution in [0.3, 0.4) is 0 Å². The van der Waals surface area contributed by atoms with Crippen LogP contribution < -0.4 is 16.0 Å². The zero-order chi connectivity index (χ0) is 20.8. The number of ether oxygens (including phenoxy) is 1. The number of aromatic nitrogens is 1. The van der Waals surface area contributed by atoms with Gasteiger partial charge in [-0.05, 0) is 31.6 Å². The molecule has 5 nitrogen and oxygen atoms in total. The molecule has 0 aliphatic carbocycles. The van der Waals surface area contributed by atoms with Crippen LogP contribution in [0, 0.1) is 23.2 Å². The molecule has 5 heteroatoms. The second-order valence-electron chi connectivity index (χ2n) is 8.42. The Morgan fingerprint density at radius 3 is 2.57 bits per heavy atom. The highest BCUT2D eigenvalue weighted by molar-refractivity contribution is 5.49. The number of hydrogen-bond donors (Lipinski definition) is 1. The van der Waals surface area contributed by atoms with Gasteiger partial charge in [0.05, 0.1) is 11.1 Å². The highest BCUT2D eigenvalue weighted by Crippen LogP contribution is 2.40. The Morgan fingerprint density at radius 2 is 2.00 bits per heavy atom. The minimum Gasteiger partial charge on any atom is -0.440 e. The fourth-order valence-electron chi connectivity index (χ4n) is 4.16. The molecule has 0 fully saturated rings. The monoisotopic (exact) mass is 385 g/mol. The van der Waals surface area contributed by atoms with Gasteiger partial charge < -0.3 is 15.0 Å². The van der Waals surface area contributed by atoms with Gasteiger partial charge >= 0.3 is 0 Å². The van der Waals surface area contributed by atoms with Crippen LogP contribution in [-0.2, 0) is 13.0 Å². The van der Waals surface area contributed by atoms with Crippen LogP contribution in [-0.4, -0.2) is 4.57 Å². The van der Waals surface area contributed by atoms with E-state index in [0.29, 0.717) is 35.3 Å². The average molecular weight is 386 g/mol. The van der Waals surface area contributed by atoms with E-state index in [-0.39, 0.29) is 17.4 Å². The zero-order valence-electron chi connectivity index (χ0n) is 18.0. The minimum atomic E-state index is -0.288. The Hall–Kier alpha value is -2.22. The van der Waals surface area contributed by atoms with Crippen molar-refractivity contribution in [1.82, 2.24) is 4.57 Å². The van der Waals surface area contributed by atoms with Crippen LogP contribution in [0.2, 0.25) is 0 Å². The number of nitrogens with zero attached hydrogens (tertiary/aromatic N) is 2. The third-order valence-electron chi connectivity index (χ3n) is 5.63. The first-order valence-corrected chi connectivity index (χ1v) is 10.7. The molecule has 0 radical (unpaired) electrons. The van der Waals surface area contributed by atoms with E-state index < -0.39 is 0 Å². The number of nitrogens with two attached hydrogens (primary N) is 1. The molecule has 154 valence electrons. The SMILES string of the molecule is CCCc1cc2c(c(=O)n1CC)C(CC(C)CCCC(C)C)C(C#N)=C(N)O2. The van der Waals surface area contributed by atoms with Crippen molar-refractivity contribution in [1.29, 1.82) is 5.26 Å². The summed E-state index contributed by atoms with van der Waals surface area (Å²) in [6.07, 6.45) is 5.93. The standard InChI is InChI=1S/C23H35N3O2/c1-6-9-17-13-20-21(23(27)26(17)7-2)18(19(14-24)22(25)28-20)12-16(5)11-8-10-15(3)4/h13,15-16,18H,6-12,25H2,1-5H3. The second-order valence-corrected chi connectivity index (χ2v) is 8.42. The molecule has 2 N–H and O–H groups in total. The van der Waals surface area contributed by atoms with Gasteiger partial charge in [0, 0.05) is 24.2 Å². The van der Waals surface area contributed by atoms with Gasteiger partial charge in [0.25, 0.3) is 5.56 Å². The lowest BCUT2D eigenvalue weighted by Crippen LogP contribution is -2.33. The molecule has 1 aromatic rings.